The molecule has 0 saturated carbocycles. The summed E-state index contributed by atoms with van der Waals surface area (Å²) in [5, 5.41) is 8.77. The molecule has 126 valence electrons. The molecule has 9 heteroatoms. The molecule has 0 aliphatic carbocycles. The van der Waals surface area contributed by atoms with Crippen LogP contribution in [0.25, 0.3) is 0 Å². The van der Waals surface area contributed by atoms with Gasteiger partial charge in [0.15, 0.2) is 0 Å². The minimum atomic E-state index is -5.24. The average Bonchev–Trinajstić information content (AvgIpc) is 2.40. The maximum absolute atomic E-state index is 12.2. The van der Waals surface area contributed by atoms with Crippen molar-refractivity contribution in [1.29, 1.82) is 0 Å². The SMILES string of the molecule is Fc1ccc(F)cc1.Oc1cccc(C(F)(F)F)c1C(F)(F)F. The van der Waals surface area contributed by atoms with Crippen LogP contribution in [0.3, 0.4) is 0 Å². The number of rotatable bonds is 0. The van der Waals surface area contributed by atoms with Gasteiger partial charge in [0.1, 0.15) is 22.9 Å². The van der Waals surface area contributed by atoms with E-state index in [0.29, 0.717) is 12.1 Å². The molecule has 0 aromatic heterocycles. The molecule has 0 bridgehead atoms. The minimum Gasteiger partial charge on any atom is -0.507 e. The predicted octanol–water partition coefficient (Wildman–Crippen LogP) is 5.39. The molecule has 2 rings (SSSR count). The number of alkyl halides is 6. The highest BCUT2D eigenvalue weighted by atomic mass is 19.4. The quantitative estimate of drug-likeness (QED) is 0.635. The number of hydrogen-bond acceptors (Lipinski definition) is 1. The first-order chi connectivity index (χ1) is 10.4. The van der Waals surface area contributed by atoms with Crippen LogP contribution >= 0.6 is 0 Å². The highest BCUT2D eigenvalue weighted by molar-refractivity contribution is 5.42. The van der Waals surface area contributed by atoms with Crippen molar-refractivity contribution in [2.75, 3.05) is 0 Å². The molecule has 0 aliphatic heterocycles. The van der Waals surface area contributed by atoms with Crippen LogP contribution in [0.1, 0.15) is 11.1 Å². The van der Waals surface area contributed by atoms with Gasteiger partial charge in [0.25, 0.3) is 0 Å². The molecule has 1 nitrogen and oxygen atoms in total. The van der Waals surface area contributed by atoms with E-state index in [2.05, 4.69) is 0 Å². The van der Waals surface area contributed by atoms with Gasteiger partial charge in [-0.15, -0.1) is 0 Å². The molecule has 23 heavy (non-hydrogen) atoms. The van der Waals surface area contributed by atoms with Crippen molar-refractivity contribution in [1.82, 2.24) is 0 Å². The van der Waals surface area contributed by atoms with Gasteiger partial charge >= 0.3 is 12.4 Å². The van der Waals surface area contributed by atoms with Gasteiger partial charge in [-0.3, -0.25) is 0 Å². The fraction of sp³-hybridized carbons (Fsp3) is 0.143. The van der Waals surface area contributed by atoms with Crippen LogP contribution in [0.4, 0.5) is 35.1 Å². The third-order valence-electron chi connectivity index (χ3n) is 2.43. The summed E-state index contributed by atoms with van der Waals surface area (Å²) in [6.45, 7) is 0. The highest BCUT2D eigenvalue weighted by Gasteiger charge is 2.44. The first-order valence-corrected chi connectivity index (χ1v) is 5.80. The normalized spacial score (nSPS) is 11.7. The second kappa shape index (κ2) is 6.84. The lowest BCUT2D eigenvalue weighted by Crippen LogP contribution is -2.16. The number of hydrogen-bond donors (Lipinski definition) is 1. The van der Waals surface area contributed by atoms with Crippen LogP contribution < -0.4 is 0 Å². The maximum Gasteiger partial charge on any atom is 0.420 e. The molecule has 0 atom stereocenters. The summed E-state index contributed by atoms with van der Waals surface area (Å²) in [5.74, 6) is -2.25. The van der Waals surface area contributed by atoms with Gasteiger partial charge in [-0.05, 0) is 36.4 Å². The summed E-state index contributed by atoms with van der Waals surface area (Å²) < 4.78 is 96.8. The van der Waals surface area contributed by atoms with Crippen molar-refractivity contribution >= 4 is 0 Å². The van der Waals surface area contributed by atoms with E-state index < -0.39 is 40.9 Å². The fourth-order valence-electron chi connectivity index (χ4n) is 1.50. The van der Waals surface area contributed by atoms with Crippen molar-refractivity contribution in [3.63, 3.8) is 0 Å². The van der Waals surface area contributed by atoms with E-state index in [-0.39, 0.29) is 6.07 Å². The van der Waals surface area contributed by atoms with Crippen LogP contribution in [0.5, 0.6) is 5.75 Å². The molecular weight excluding hydrogens is 336 g/mol. The van der Waals surface area contributed by atoms with E-state index in [4.69, 9.17) is 5.11 Å². The summed E-state index contributed by atoms with van der Waals surface area (Å²) in [6, 6.07) is 5.84. The Kier molecular flexibility index (Phi) is 5.57. The van der Waals surface area contributed by atoms with Gasteiger partial charge in [0.05, 0.1) is 5.56 Å². The van der Waals surface area contributed by atoms with E-state index >= 15 is 0 Å². The topological polar surface area (TPSA) is 20.2 Å². The standard InChI is InChI=1S/C8H4F6O.C6H4F2/c9-7(10,11)4-2-1-3-5(15)6(4)8(12,13)14;7-5-1-2-6(8)4-3-5/h1-3,15H;1-4H. The third kappa shape index (κ3) is 5.42. The average molecular weight is 344 g/mol. The van der Waals surface area contributed by atoms with Gasteiger partial charge in [-0.1, -0.05) is 6.07 Å². The lowest BCUT2D eigenvalue weighted by Gasteiger charge is -2.15. The lowest BCUT2D eigenvalue weighted by molar-refractivity contribution is -0.163. The minimum absolute atomic E-state index is 0.266. The van der Waals surface area contributed by atoms with Gasteiger partial charge in [-0.25, -0.2) is 8.78 Å². The van der Waals surface area contributed by atoms with E-state index in [1.54, 1.807) is 0 Å². The Morgan fingerprint density at radius 3 is 1.39 bits per heavy atom. The van der Waals surface area contributed by atoms with Crippen LogP contribution in [-0.4, -0.2) is 5.11 Å². The zero-order valence-corrected chi connectivity index (χ0v) is 11.0. The van der Waals surface area contributed by atoms with Crippen molar-refractivity contribution in [3.8, 4) is 5.75 Å². The fourth-order valence-corrected chi connectivity index (χ4v) is 1.50. The molecule has 0 fully saturated rings. The predicted molar refractivity (Wildman–Crippen MR) is 64.5 cm³/mol. The number of phenols is 1. The second-order valence-electron chi connectivity index (χ2n) is 4.13. The smallest absolute Gasteiger partial charge is 0.420 e. The summed E-state index contributed by atoms with van der Waals surface area (Å²) >= 11 is 0. The number of benzene rings is 2. The molecular formula is C14H8F8O. The summed E-state index contributed by atoms with van der Waals surface area (Å²) in [6.07, 6.45) is -10.4. The van der Waals surface area contributed by atoms with Crippen molar-refractivity contribution in [3.05, 3.63) is 65.2 Å². The zero-order valence-electron chi connectivity index (χ0n) is 11.0. The van der Waals surface area contributed by atoms with Gasteiger partial charge in [0.2, 0.25) is 0 Å². The Bertz CT molecular complexity index is 622. The number of halogens is 8. The van der Waals surface area contributed by atoms with E-state index in [9.17, 15) is 35.1 Å². The molecule has 0 amide bonds. The van der Waals surface area contributed by atoms with Crippen molar-refractivity contribution < 1.29 is 40.2 Å². The van der Waals surface area contributed by atoms with Crippen LogP contribution in [0.2, 0.25) is 0 Å². The second-order valence-corrected chi connectivity index (χ2v) is 4.13. The molecule has 0 radical (unpaired) electrons. The largest absolute Gasteiger partial charge is 0.507 e. The van der Waals surface area contributed by atoms with E-state index in [1.807, 2.05) is 0 Å². The van der Waals surface area contributed by atoms with Crippen LogP contribution in [-0.2, 0) is 12.4 Å². The van der Waals surface area contributed by atoms with Gasteiger partial charge < -0.3 is 5.11 Å². The van der Waals surface area contributed by atoms with E-state index in [0.717, 1.165) is 24.3 Å². The molecule has 0 saturated heterocycles. The number of aromatic hydroxyl groups is 1. The molecule has 0 heterocycles. The monoisotopic (exact) mass is 344 g/mol. The van der Waals surface area contributed by atoms with Crippen molar-refractivity contribution in [2.45, 2.75) is 12.4 Å². The molecule has 2 aromatic rings. The Morgan fingerprint density at radius 2 is 1.09 bits per heavy atom. The first kappa shape index (κ1) is 18.7. The Morgan fingerprint density at radius 1 is 0.652 bits per heavy atom. The Hall–Kier alpha value is -2.32. The molecule has 0 spiro atoms. The third-order valence-corrected chi connectivity index (χ3v) is 2.43. The lowest BCUT2D eigenvalue weighted by atomic mass is 10.1. The highest BCUT2D eigenvalue weighted by Crippen LogP contribution is 2.44. The van der Waals surface area contributed by atoms with Crippen LogP contribution in [0.15, 0.2) is 42.5 Å². The molecule has 0 aliphatic rings. The maximum atomic E-state index is 12.2. The Labute approximate surface area is 124 Å². The van der Waals surface area contributed by atoms with Crippen molar-refractivity contribution in [2.24, 2.45) is 0 Å². The van der Waals surface area contributed by atoms with Crippen LogP contribution in [0, 0.1) is 11.6 Å². The van der Waals surface area contributed by atoms with Gasteiger partial charge in [-0.2, -0.15) is 26.3 Å². The van der Waals surface area contributed by atoms with Gasteiger partial charge in [0, 0.05) is 0 Å². The molecule has 2 aromatic carbocycles. The zero-order chi connectivity index (χ0) is 17.8. The summed E-state index contributed by atoms with van der Waals surface area (Å²) in [5.41, 5.74) is -3.95. The molecule has 1 N–H and O–H groups in total. The Balaban J connectivity index is 0.000000277. The number of phenolic OH excluding ortho intramolecular Hbond substituents is 1. The molecule has 0 unspecified atom stereocenters. The first-order valence-electron chi connectivity index (χ1n) is 5.80. The summed E-state index contributed by atoms with van der Waals surface area (Å²) in [7, 11) is 0. The van der Waals surface area contributed by atoms with E-state index in [1.165, 1.54) is 0 Å². The summed E-state index contributed by atoms with van der Waals surface area (Å²) in [4.78, 5) is 0.